The van der Waals surface area contributed by atoms with E-state index in [2.05, 4.69) is 22.5 Å². The number of hydrogen-bond acceptors (Lipinski definition) is 4. The summed E-state index contributed by atoms with van der Waals surface area (Å²) in [5, 5.41) is 2.67. The van der Waals surface area contributed by atoms with Gasteiger partial charge < -0.3 is 5.32 Å². The molecule has 3 aliphatic carbocycles. The van der Waals surface area contributed by atoms with Gasteiger partial charge in [-0.3, -0.25) is 19.3 Å². The first kappa shape index (κ1) is 15.1. The molecular formula is C18H19N3O3. The quantitative estimate of drug-likeness (QED) is 0.676. The van der Waals surface area contributed by atoms with Gasteiger partial charge in [0.1, 0.15) is 11.9 Å². The summed E-state index contributed by atoms with van der Waals surface area (Å²) in [6.07, 6.45) is 7.61. The Morgan fingerprint density at radius 2 is 1.79 bits per heavy atom. The molecule has 4 aliphatic rings. The molecule has 1 aromatic rings. The predicted octanol–water partition coefficient (Wildman–Crippen LogP) is 1.61. The molecular weight excluding hydrogens is 306 g/mol. The second-order valence-corrected chi connectivity index (χ2v) is 6.77. The largest absolute Gasteiger partial charge is 0.309 e. The maximum Gasteiger partial charge on any atom is 0.248 e. The van der Waals surface area contributed by atoms with Crippen molar-refractivity contribution in [3.8, 4) is 0 Å². The Morgan fingerprint density at radius 1 is 1.17 bits per heavy atom. The molecule has 5 rings (SSSR count). The van der Waals surface area contributed by atoms with Gasteiger partial charge in [0.15, 0.2) is 0 Å². The van der Waals surface area contributed by atoms with Crippen LogP contribution in [0.15, 0.2) is 36.5 Å². The number of carbonyl (C=O) groups excluding carboxylic acids is 3. The molecule has 3 amide bonds. The lowest BCUT2D eigenvalue weighted by Crippen LogP contribution is -2.46. The van der Waals surface area contributed by atoms with E-state index in [9.17, 15) is 14.4 Å². The third kappa shape index (κ3) is 2.17. The lowest BCUT2D eigenvalue weighted by atomic mass is 9.63. The Kier molecular flexibility index (Phi) is 3.48. The molecule has 24 heavy (non-hydrogen) atoms. The number of hydrogen-bond donors (Lipinski definition) is 1. The standard InChI is InChI=1S/C18H19N3O3/c1-10(16(22)20-13-4-2-3-9-19-13)21-17(23)14-11-5-6-12(8-7-11)15(14)18(21)24/h2-6,9-12,14-15H,7-8H2,1H3,(H,19,20,22)/t10-,11+,12+,14-,15+/m1/s1. The smallest absolute Gasteiger partial charge is 0.248 e. The number of imide groups is 1. The van der Waals surface area contributed by atoms with Gasteiger partial charge >= 0.3 is 0 Å². The Morgan fingerprint density at radius 3 is 2.29 bits per heavy atom. The average Bonchev–Trinajstić information content (AvgIpc) is 2.89. The van der Waals surface area contributed by atoms with Gasteiger partial charge in [-0.2, -0.15) is 0 Å². The van der Waals surface area contributed by atoms with E-state index in [1.54, 1.807) is 31.3 Å². The highest BCUT2D eigenvalue weighted by Gasteiger charge is 2.58. The molecule has 6 nitrogen and oxygen atoms in total. The first-order chi connectivity index (χ1) is 11.6. The van der Waals surface area contributed by atoms with Gasteiger partial charge in [-0.1, -0.05) is 18.2 Å². The van der Waals surface area contributed by atoms with Crippen LogP contribution in [0, 0.1) is 23.7 Å². The van der Waals surface area contributed by atoms with Gasteiger partial charge in [0.2, 0.25) is 17.7 Å². The first-order valence-corrected chi connectivity index (χ1v) is 8.35. The zero-order valence-electron chi connectivity index (χ0n) is 13.4. The van der Waals surface area contributed by atoms with Crippen molar-refractivity contribution < 1.29 is 14.4 Å². The molecule has 2 fully saturated rings. The van der Waals surface area contributed by atoms with Gasteiger partial charge in [0.25, 0.3) is 0 Å². The fourth-order valence-corrected chi connectivity index (χ4v) is 4.26. The molecule has 0 radical (unpaired) electrons. The van der Waals surface area contributed by atoms with Gasteiger partial charge in [0, 0.05) is 6.20 Å². The van der Waals surface area contributed by atoms with E-state index in [1.807, 2.05) is 0 Å². The third-order valence-electron chi connectivity index (χ3n) is 5.48. The topological polar surface area (TPSA) is 79.4 Å². The van der Waals surface area contributed by atoms with E-state index in [0.717, 1.165) is 12.8 Å². The number of aromatic nitrogens is 1. The minimum absolute atomic E-state index is 0.132. The van der Waals surface area contributed by atoms with Crippen LogP contribution in [0.4, 0.5) is 5.82 Å². The normalized spacial score (nSPS) is 32.0. The fraction of sp³-hybridized carbons (Fsp3) is 0.444. The van der Waals surface area contributed by atoms with E-state index < -0.39 is 11.9 Å². The SMILES string of the molecule is C[C@H](C(=O)Nc1ccccn1)N1C(=O)[C@@H]2[C@H](C1=O)[C@H]1C=C[C@H]2CC1. The molecule has 1 saturated carbocycles. The molecule has 0 unspecified atom stereocenters. The highest BCUT2D eigenvalue weighted by molar-refractivity contribution is 6.10. The van der Waals surface area contributed by atoms with Crippen LogP contribution in [0.3, 0.4) is 0 Å². The third-order valence-corrected chi connectivity index (χ3v) is 5.48. The number of amides is 3. The summed E-state index contributed by atoms with van der Waals surface area (Å²) >= 11 is 0. The van der Waals surface area contributed by atoms with Crippen LogP contribution in [0.25, 0.3) is 0 Å². The summed E-state index contributed by atoms with van der Waals surface area (Å²) in [5.74, 6) is -0.694. The van der Waals surface area contributed by atoms with Crippen molar-refractivity contribution in [3.05, 3.63) is 36.5 Å². The van der Waals surface area contributed by atoms with E-state index in [4.69, 9.17) is 0 Å². The number of rotatable bonds is 3. The summed E-state index contributed by atoms with van der Waals surface area (Å²) in [5.41, 5.74) is 0. The maximum absolute atomic E-state index is 12.8. The molecule has 1 aromatic heterocycles. The molecule has 1 aliphatic heterocycles. The Balaban J connectivity index is 1.55. The lowest BCUT2D eigenvalue weighted by Gasteiger charge is -2.38. The van der Waals surface area contributed by atoms with Crippen molar-refractivity contribution in [2.75, 3.05) is 5.32 Å². The van der Waals surface area contributed by atoms with E-state index in [-0.39, 0.29) is 35.5 Å². The van der Waals surface area contributed by atoms with Crippen LogP contribution in [0.5, 0.6) is 0 Å². The van der Waals surface area contributed by atoms with Crippen LogP contribution in [0.1, 0.15) is 19.8 Å². The number of pyridine rings is 1. The molecule has 6 heteroatoms. The Hall–Kier alpha value is -2.50. The van der Waals surface area contributed by atoms with E-state index in [0.29, 0.717) is 5.82 Å². The minimum Gasteiger partial charge on any atom is -0.309 e. The summed E-state index contributed by atoms with van der Waals surface area (Å²) in [4.78, 5) is 43.3. The van der Waals surface area contributed by atoms with Crippen LogP contribution in [-0.4, -0.2) is 33.6 Å². The van der Waals surface area contributed by atoms with E-state index in [1.165, 1.54) is 4.90 Å². The summed E-state index contributed by atoms with van der Waals surface area (Å²) in [7, 11) is 0. The van der Waals surface area contributed by atoms with Crippen molar-refractivity contribution >= 4 is 23.5 Å². The zero-order chi connectivity index (χ0) is 16.8. The van der Waals surface area contributed by atoms with Crippen molar-refractivity contribution in [3.63, 3.8) is 0 Å². The zero-order valence-corrected chi connectivity index (χ0v) is 13.4. The Bertz CT molecular complexity index is 698. The predicted molar refractivity (Wildman–Crippen MR) is 86.5 cm³/mol. The second kappa shape index (κ2) is 5.54. The molecule has 1 saturated heterocycles. The van der Waals surface area contributed by atoms with Crippen LogP contribution in [0.2, 0.25) is 0 Å². The van der Waals surface area contributed by atoms with Crippen LogP contribution in [-0.2, 0) is 14.4 Å². The second-order valence-electron chi connectivity index (χ2n) is 6.77. The molecule has 0 aromatic carbocycles. The van der Waals surface area contributed by atoms with Gasteiger partial charge in [0.05, 0.1) is 11.8 Å². The number of allylic oxidation sites excluding steroid dienone is 2. The van der Waals surface area contributed by atoms with Gasteiger partial charge in [-0.15, -0.1) is 0 Å². The maximum atomic E-state index is 12.8. The van der Waals surface area contributed by atoms with Crippen molar-refractivity contribution in [1.82, 2.24) is 9.88 Å². The molecule has 124 valence electrons. The molecule has 1 N–H and O–H groups in total. The van der Waals surface area contributed by atoms with Crippen molar-refractivity contribution in [2.24, 2.45) is 23.7 Å². The monoisotopic (exact) mass is 325 g/mol. The lowest BCUT2D eigenvalue weighted by molar-refractivity contribution is -0.146. The first-order valence-electron chi connectivity index (χ1n) is 8.35. The molecule has 2 bridgehead atoms. The Labute approximate surface area is 139 Å². The number of fused-ring (bicyclic) bond motifs is 1. The van der Waals surface area contributed by atoms with Crippen LogP contribution < -0.4 is 5.32 Å². The van der Waals surface area contributed by atoms with Gasteiger partial charge in [-0.25, -0.2) is 4.98 Å². The highest BCUT2D eigenvalue weighted by atomic mass is 16.2. The molecule has 0 spiro atoms. The summed E-state index contributed by atoms with van der Waals surface area (Å²) in [6.45, 7) is 1.60. The van der Waals surface area contributed by atoms with E-state index >= 15 is 0 Å². The van der Waals surface area contributed by atoms with Gasteiger partial charge in [-0.05, 0) is 43.7 Å². The van der Waals surface area contributed by atoms with Crippen molar-refractivity contribution in [1.29, 1.82) is 0 Å². The van der Waals surface area contributed by atoms with Crippen LogP contribution >= 0.6 is 0 Å². The van der Waals surface area contributed by atoms with Crippen molar-refractivity contribution in [2.45, 2.75) is 25.8 Å². The number of carbonyl (C=O) groups is 3. The number of nitrogens with one attached hydrogen (secondary N) is 1. The molecule has 2 heterocycles. The number of anilines is 1. The minimum atomic E-state index is -0.836. The number of nitrogens with zero attached hydrogens (tertiary/aromatic N) is 2. The molecule has 5 atom stereocenters. The average molecular weight is 325 g/mol. The fourth-order valence-electron chi connectivity index (χ4n) is 4.26. The number of likely N-dealkylation sites (tertiary alicyclic amines) is 1. The summed E-state index contributed by atoms with van der Waals surface area (Å²) < 4.78 is 0. The highest BCUT2D eigenvalue weighted by Crippen LogP contribution is 2.49. The summed E-state index contributed by atoms with van der Waals surface area (Å²) in [6, 6.07) is 4.34.